The summed E-state index contributed by atoms with van der Waals surface area (Å²) in [7, 11) is 1.48. The van der Waals surface area contributed by atoms with Crippen LogP contribution in [-0.2, 0) is 9.53 Å². The van der Waals surface area contributed by atoms with Gasteiger partial charge in [0, 0.05) is 24.7 Å². The molecule has 2 atom stereocenters. The highest BCUT2D eigenvalue weighted by molar-refractivity contribution is 7.80. The standard InChI is InChI=1S/C21H20N4O3S/c1-27-13-18(26)23-14-7-9-15(10-8-14)25-20(17-6-4-12-28-17)19(24-21(25)29)16-5-2-3-11-22-16/h2-12,19-20H,13H2,1H3,(H,23,26)(H,24,29)/t19-,20+/m0/s1. The topological polar surface area (TPSA) is 79.6 Å². The molecule has 4 rings (SSSR count). The Morgan fingerprint density at radius 2 is 2.07 bits per heavy atom. The molecule has 0 unspecified atom stereocenters. The highest BCUT2D eigenvalue weighted by atomic mass is 32.1. The van der Waals surface area contributed by atoms with Gasteiger partial charge in [0.2, 0.25) is 5.91 Å². The van der Waals surface area contributed by atoms with Crippen LogP contribution in [0.4, 0.5) is 11.4 Å². The molecule has 1 aliphatic heterocycles. The van der Waals surface area contributed by atoms with E-state index in [4.69, 9.17) is 21.4 Å². The molecule has 1 saturated heterocycles. The molecule has 3 heterocycles. The first-order valence-electron chi connectivity index (χ1n) is 9.10. The third-order valence-corrected chi connectivity index (χ3v) is 4.95. The lowest BCUT2D eigenvalue weighted by Crippen LogP contribution is -2.29. The second-order valence-electron chi connectivity index (χ2n) is 6.54. The Balaban J connectivity index is 1.65. The van der Waals surface area contributed by atoms with E-state index in [1.165, 1.54) is 7.11 Å². The van der Waals surface area contributed by atoms with Gasteiger partial charge in [-0.1, -0.05) is 6.07 Å². The molecule has 29 heavy (non-hydrogen) atoms. The van der Waals surface area contributed by atoms with Crippen molar-refractivity contribution in [1.29, 1.82) is 0 Å². The number of ether oxygens (including phenoxy) is 1. The van der Waals surface area contributed by atoms with E-state index in [0.29, 0.717) is 10.8 Å². The Bertz CT molecular complexity index is 977. The second-order valence-corrected chi connectivity index (χ2v) is 6.93. The summed E-state index contributed by atoms with van der Waals surface area (Å²) in [6.45, 7) is 0.00814. The van der Waals surface area contributed by atoms with Gasteiger partial charge in [0.05, 0.1) is 18.0 Å². The van der Waals surface area contributed by atoms with Gasteiger partial charge in [0.25, 0.3) is 0 Å². The largest absolute Gasteiger partial charge is 0.467 e. The Hall–Kier alpha value is -3.23. The number of anilines is 2. The number of nitrogens with zero attached hydrogens (tertiary/aromatic N) is 2. The Labute approximate surface area is 173 Å². The fourth-order valence-corrected chi connectivity index (χ4v) is 3.76. The minimum absolute atomic E-state index is 0.00814. The number of methoxy groups -OCH3 is 1. The van der Waals surface area contributed by atoms with Crippen LogP contribution in [-0.4, -0.2) is 29.7 Å². The van der Waals surface area contributed by atoms with Crippen LogP contribution in [0.3, 0.4) is 0 Å². The normalized spacial score (nSPS) is 18.5. The van der Waals surface area contributed by atoms with Crippen LogP contribution in [0.5, 0.6) is 0 Å². The molecule has 0 radical (unpaired) electrons. The van der Waals surface area contributed by atoms with Crippen LogP contribution in [0, 0.1) is 0 Å². The van der Waals surface area contributed by atoms with E-state index in [1.54, 1.807) is 12.5 Å². The maximum absolute atomic E-state index is 11.7. The van der Waals surface area contributed by atoms with Crippen LogP contribution in [0.25, 0.3) is 0 Å². The van der Waals surface area contributed by atoms with E-state index in [0.717, 1.165) is 17.1 Å². The minimum Gasteiger partial charge on any atom is -0.467 e. The summed E-state index contributed by atoms with van der Waals surface area (Å²) < 4.78 is 10.6. The summed E-state index contributed by atoms with van der Waals surface area (Å²) in [5.74, 6) is 0.577. The number of furan rings is 1. The average Bonchev–Trinajstić information content (AvgIpc) is 3.37. The molecule has 0 bridgehead atoms. The molecule has 0 aliphatic carbocycles. The number of amides is 1. The monoisotopic (exact) mass is 408 g/mol. The zero-order chi connectivity index (χ0) is 20.2. The molecule has 0 saturated carbocycles. The van der Waals surface area contributed by atoms with Crippen molar-refractivity contribution in [3.05, 3.63) is 78.5 Å². The second kappa shape index (κ2) is 8.42. The van der Waals surface area contributed by atoms with Gasteiger partial charge in [0.1, 0.15) is 18.4 Å². The van der Waals surface area contributed by atoms with Gasteiger partial charge in [-0.25, -0.2) is 0 Å². The van der Waals surface area contributed by atoms with E-state index >= 15 is 0 Å². The number of thiocarbonyl (C=S) groups is 1. The smallest absolute Gasteiger partial charge is 0.250 e. The average molecular weight is 408 g/mol. The van der Waals surface area contributed by atoms with Crippen molar-refractivity contribution in [1.82, 2.24) is 10.3 Å². The molecule has 1 aliphatic rings. The van der Waals surface area contributed by atoms with Crippen LogP contribution in [0.15, 0.2) is 71.5 Å². The molecule has 0 spiro atoms. The number of aromatic nitrogens is 1. The minimum atomic E-state index is -0.206. The highest BCUT2D eigenvalue weighted by Crippen LogP contribution is 2.41. The molecule has 1 fully saturated rings. The first kappa shape index (κ1) is 19.1. The van der Waals surface area contributed by atoms with Gasteiger partial charge in [-0.2, -0.15) is 0 Å². The first-order valence-corrected chi connectivity index (χ1v) is 9.51. The maximum atomic E-state index is 11.7. The van der Waals surface area contributed by atoms with Crippen molar-refractivity contribution >= 4 is 34.6 Å². The summed E-state index contributed by atoms with van der Waals surface area (Å²) >= 11 is 5.65. The first-order chi connectivity index (χ1) is 14.2. The summed E-state index contributed by atoms with van der Waals surface area (Å²) in [4.78, 5) is 18.2. The SMILES string of the molecule is COCC(=O)Nc1ccc(N2C(=S)N[C@@H](c3ccccn3)[C@H]2c2ccco2)cc1. The van der Waals surface area contributed by atoms with Crippen LogP contribution >= 0.6 is 12.2 Å². The van der Waals surface area contributed by atoms with E-state index < -0.39 is 0 Å². The van der Waals surface area contributed by atoms with E-state index in [-0.39, 0.29) is 24.6 Å². The molecule has 8 heteroatoms. The predicted octanol–water partition coefficient (Wildman–Crippen LogP) is 3.44. The van der Waals surface area contributed by atoms with Gasteiger partial charge in [-0.15, -0.1) is 0 Å². The van der Waals surface area contributed by atoms with Crippen molar-refractivity contribution in [2.24, 2.45) is 0 Å². The van der Waals surface area contributed by atoms with Gasteiger partial charge in [-0.05, 0) is 60.7 Å². The summed E-state index contributed by atoms with van der Waals surface area (Å²) in [6.07, 6.45) is 3.41. The summed E-state index contributed by atoms with van der Waals surface area (Å²) in [5.41, 5.74) is 2.44. The van der Waals surface area contributed by atoms with Crippen molar-refractivity contribution in [3.8, 4) is 0 Å². The van der Waals surface area contributed by atoms with Gasteiger partial charge >= 0.3 is 0 Å². The molecule has 1 amide bonds. The molecule has 148 valence electrons. The lowest BCUT2D eigenvalue weighted by molar-refractivity contribution is -0.119. The van der Waals surface area contributed by atoms with Crippen LogP contribution < -0.4 is 15.5 Å². The summed E-state index contributed by atoms with van der Waals surface area (Å²) in [6, 6.07) is 16.7. The lowest BCUT2D eigenvalue weighted by atomic mass is 10.0. The number of pyridine rings is 1. The van der Waals surface area contributed by atoms with Gasteiger partial charge in [-0.3, -0.25) is 9.78 Å². The third kappa shape index (κ3) is 3.98. The molecular formula is C21H20N4O3S. The quantitative estimate of drug-likeness (QED) is 0.605. The van der Waals surface area contributed by atoms with Crippen molar-refractivity contribution in [2.75, 3.05) is 23.9 Å². The summed E-state index contributed by atoms with van der Waals surface area (Å²) in [5, 5.41) is 6.74. The fourth-order valence-electron chi connectivity index (χ4n) is 3.41. The van der Waals surface area contributed by atoms with Gasteiger partial charge in [0.15, 0.2) is 5.11 Å². The van der Waals surface area contributed by atoms with E-state index in [9.17, 15) is 4.79 Å². The van der Waals surface area contributed by atoms with Crippen molar-refractivity contribution in [2.45, 2.75) is 12.1 Å². The van der Waals surface area contributed by atoms with E-state index in [1.807, 2.05) is 59.5 Å². The van der Waals surface area contributed by atoms with Crippen molar-refractivity contribution < 1.29 is 13.9 Å². The molecule has 2 N–H and O–H groups in total. The van der Waals surface area contributed by atoms with Crippen molar-refractivity contribution in [3.63, 3.8) is 0 Å². The molecular weight excluding hydrogens is 388 g/mol. The number of nitrogens with one attached hydrogen (secondary N) is 2. The molecule has 3 aromatic rings. The maximum Gasteiger partial charge on any atom is 0.250 e. The predicted molar refractivity (Wildman–Crippen MR) is 114 cm³/mol. The Morgan fingerprint density at radius 1 is 1.24 bits per heavy atom. The Morgan fingerprint density at radius 3 is 2.72 bits per heavy atom. The zero-order valence-corrected chi connectivity index (χ0v) is 16.6. The lowest BCUT2D eigenvalue weighted by Gasteiger charge is -2.26. The van der Waals surface area contributed by atoms with Crippen LogP contribution in [0.1, 0.15) is 23.5 Å². The number of hydrogen-bond acceptors (Lipinski definition) is 5. The third-order valence-electron chi connectivity index (χ3n) is 4.64. The molecule has 7 nitrogen and oxygen atoms in total. The number of carbonyl (C=O) groups is 1. The molecule has 1 aromatic carbocycles. The number of benzene rings is 1. The van der Waals surface area contributed by atoms with Crippen LogP contribution in [0.2, 0.25) is 0 Å². The zero-order valence-electron chi connectivity index (χ0n) is 15.7. The number of hydrogen-bond donors (Lipinski definition) is 2. The van der Waals surface area contributed by atoms with E-state index in [2.05, 4.69) is 15.6 Å². The molecule has 2 aromatic heterocycles. The number of carbonyl (C=O) groups excluding carboxylic acids is 1. The fraction of sp³-hybridized carbons (Fsp3) is 0.190. The number of rotatable bonds is 6. The highest BCUT2D eigenvalue weighted by Gasteiger charge is 2.42. The van der Waals surface area contributed by atoms with Gasteiger partial charge < -0.3 is 24.7 Å². The Kier molecular flexibility index (Phi) is 5.55.